The van der Waals surface area contributed by atoms with Crippen LogP contribution in [0.15, 0.2) is 24.3 Å². The number of halogens is 1. The Morgan fingerprint density at radius 1 is 1.15 bits per heavy atom. The topological polar surface area (TPSA) is 43.9 Å². The molecule has 1 aromatic carbocycles. The Hall–Kier alpha value is -1.95. The molecule has 5 nitrogen and oxygen atoms in total. The Labute approximate surface area is 161 Å². The lowest BCUT2D eigenvalue weighted by molar-refractivity contribution is -0.141. The van der Waals surface area contributed by atoms with Gasteiger partial charge in [0.05, 0.1) is 0 Å². The number of piperidine rings is 2. The second-order valence-corrected chi connectivity index (χ2v) is 7.85. The molecule has 2 saturated heterocycles. The zero-order valence-electron chi connectivity index (χ0n) is 16.4. The Morgan fingerprint density at radius 2 is 1.85 bits per heavy atom. The zero-order chi connectivity index (χ0) is 19.4. The first-order valence-corrected chi connectivity index (χ1v) is 9.93. The monoisotopic (exact) mass is 375 g/mol. The average Bonchev–Trinajstić information content (AvgIpc) is 2.69. The molecular formula is C21H30FN3O2. The second kappa shape index (κ2) is 8.83. The van der Waals surface area contributed by atoms with Crippen molar-refractivity contribution in [3.63, 3.8) is 0 Å². The predicted molar refractivity (Wildman–Crippen MR) is 102 cm³/mol. The molecule has 0 unspecified atom stereocenters. The van der Waals surface area contributed by atoms with Crippen molar-refractivity contribution in [1.82, 2.24) is 14.7 Å². The van der Waals surface area contributed by atoms with E-state index < -0.39 is 0 Å². The molecule has 6 heteroatoms. The van der Waals surface area contributed by atoms with Crippen LogP contribution in [0, 0.1) is 11.7 Å². The van der Waals surface area contributed by atoms with E-state index in [1.165, 1.54) is 6.07 Å². The highest BCUT2D eigenvalue weighted by molar-refractivity contribution is 5.79. The van der Waals surface area contributed by atoms with Gasteiger partial charge in [-0.15, -0.1) is 0 Å². The summed E-state index contributed by atoms with van der Waals surface area (Å²) in [5, 5.41) is 0. The van der Waals surface area contributed by atoms with Crippen LogP contribution >= 0.6 is 0 Å². The van der Waals surface area contributed by atoms with E-state index in [1.54, 1.807) is 13.0 Å². The van der Waals surface area contributed by atoms with Crippen LogP contribution in [0.25, 0.3) is 0 Å². The van der Waals surface area contributed by atoms with E-state index in [9.17, 15) is 14.0 Å². The molecule has 2 fully saturated rings. The summed E-state index contributed by atoms with van der Waals surface area (Å²) in [6.45, 7) is 5.22. The van der Waals surface area contributed by atoms with Crippen molar-refractivity contribution < 1.29 is 14.0 Å². The lowest BCUT2D eigenvalue weighted by Crippen LogP contribution is -2.51. The first-order chi connectivity index (χ1) is 13.0. The highest BCUT2D eigenvalue weighted by atomic mass is 19.1. The lowest BCUT2D eigenvalue weighted by atomic mass is 9.93. The van der Waals surface area contributed by atoms with Crippen molar-refractivity contribution in [3.05, 3.63) is 35.6 Å². The Morgan fingerprint density at radius 3 is 2.52 bits per heavy atom. The van der Waals surface area contributed by atoms with Gasteiger partial charge in [-0.2, -0.15) is 0 Å². The van der Waals surface area contributed by atoms with Crippen LogP contribution in [0.5, 0.6) is 0 Å². The van der Waals surface area contributed by atoms with Crippen molar-refractivity contribution in [2.24, 2.45) is 5.92 Å². The maximum Gasteiger partial charge on any atom is 0.225 e. The Balaban J connectivity index is 1.55. The maximum atomic E-state index is 13.9. The predicted octanol–water partition coefficient (Wildman–Crippen LogP) is 2.51. The van der Waals surface area contributed by atoms with Crippen LogP contribution in [-0.2, 0) is 16.1 Å². The summed E-state index contributed by atoms with van der Waals surface area (Å²) in [6.07, 6.45) is 3.49. The largest absolute Gasteiger partial charge is 0.343 e. The van der Waals surface area contributed by atoms with Gasteiger partial charge in [-0.3, -0.25) is 14.5 Å². The van der Waals surface area contributed by atoms with E-state index in [0.717, 1.165) is 38.8 Å². The Bertz CT molecular complexity index is 673. The third-order valence-electron chi connectivity index (χ3n) is 6.02. The van der Waals surface area contributed by atoms with Crippen LogP contribution < -0.4 is 0 Å². The van der Waals surface area contributed by atoms with E-state index in [1.807, 2.05) is 29.0 Å². The average molecular weight is 375 g/mol. The quantitative estimate of drug-likeness (QED) is 0.812. The highest BCUT2D eigenvalue weighted by Crippen LogP contribution is 2.24. The van der Waals surface area contributed by atoms with Gasteiger partial charge in [-0.05, 0) is 38.3 Å². The lowest BCUT2D eigenvalue weighted by Gasteiger charge is -2.40. The third-order valence-corrected chi connectivity index (χ3v) is 6.02. The van der Waals surface area contributed by atoms with Crippen LogP contribution in [0.2, 0.25) is 0 Å². The molecule has 0 saturated carbocycles. The van der Waals surface area contributed by atoms with Gasteiger partial charge in [0.1, 0.15) is 5.82 Å². The van der Waals surface area contributed by atoms with Crippen LogP contribution in [-0.4, -0.2) is 65.8 Å². The van der Waals surface area contributed by atoms with Gasteiger partial charge in [-0.1, -0.05) is 18.2 Å². The molecule has 1 atom stereocenters. The number of carbonyl (C=O) groups excluding carboxylic acids is 2. The van der Waals surface area contributed by atoms with Gasteiger partial charge < -0.3 is 9.80 Å². The summed E-state index contributed by atoms with van der Waals surface area (Å²) in [7, 11) is 1.90. The molecule has 2 heterocycles. The smallest absolute Gasteiger partial charge is 0.225 e. The van der Waals surface area contributed by atoms with Crippen molar-refractivity contribution >= 4 is 11.8 Å². The highest BCUT2D eigenvalue weighted by Gasteiger charge is 2.32. The van der Waals surface area contributed by atoms with E-state index in [-0.39, 0.29) is 29.6 Å². The Kier molecular flexibility index (Phi) is 6.47. The summed E-state index contributed by atoms with van der Waals surface area (Å²) in [4.78, 5) is 30.4. The summed E-state index contributed by atoms with van der Waals surface area (Å²) < 4.78 is 13.9. The maximum absolute atomic E-state index is 13.9. The molecule has 3 rings (SSSR count). The van der Waals surface area contributed by atoms with Gasteiger partial charge in [-0.25, -0.2) is 4.39 Å². The molecule has 0 aromatic heterocycles. The molecule has 0 radical (unpaired) electrons. The number of likely N-dealkylation sites (N-methyl/N-ethyl adjacent to an activating group) is 1. The van der Waals surface area contributed by atoms with Gasteiger partial charge >= 0.3 is 0 Å². The van der Waals surface area contributed by atoms with Gasteiger partial charge in [0.25, 0.3) is 0 Å². The number of hydrogen-bond donors (Lipinski definition) is 0. The number of benzene rings is 1. The zero-order valence-corrected chi connectivity index (χ0v) is 16.4. The summed E-state index contributed by atoms with van der Waals surface area (Å²) in [5.41, 5.74) is 0.712. The minimum Gasteiger partial charge on any atom is -0.343 e. The van der Waals surface area contributed by atoms with E-state index in [0.29, 0.717) is 25.2 Å². The first kappa shape index (κ1) is 19.8. The molecule has 27 heavy (non-hydrogen) atoms. The summed E-state index contributed by atoms with van der Waals surface area (Å²) in [5.74, 6) is 0.120. The number of likely N-dealkylation sites (tertiary alicyclic amines) is 2. The number of amides is 2. The van der Waals surface area contributed by atoms with Crippen molar-refractivity contribution in [2.75, 3.05) is 33.2 Å². The number of hydrogen-bond acceptors (Lipinski definition) is 3. The fourth-order valence-electron chi connectivity index (χ4n) is 4.27. The minimum atomic E-state index is -0.165. The number of nitrogens with zero attached hydrogens (tertiary/aromatic N) is 3. The van der Waals surface area contributed by atoms with Crippen molar-refractivity contribution in [1.29, 1.82) is 0 Å². The van der Waals surface area contributed by atoms with Crippen molar-refractivity contribution in [3.8, 4) is 0 Å². The molecule has 2 aliphatic heterocycles. The van der Waals surface area contributed by atoms with E-state index in [2.05, 4.69) is 4.90 Å². The van der Waals surface area contributed by atoms with E-state index in [4.69, 9.17) is 0 Å². The molecule has 0 spiro atoms. The van der Waals surface area contributed by atoms with Crippen LogP contribution in [0.4, 0.5) is 4.39 Å². The normalized spacial score (nSPS) is 21.9. The van der Waals surface area contributed by atoms with E-state index >= 15 is 0 Å². The molecule has 148 valence electrons. The SMILES string of the molecule is CC(=O)N1CCC(C(=O)N(C)[C@H]2CCCN(Cc3ccccc3F)C2)CC1. The fraction of sp³-hybridized carbons (Fsp3) is 0.619. The number of rotatable bonds is 4. The minimum absolute atomic E-state index is 0.00699. The van der Waals surface area contributed by atoms with Gasteiger partial charge in [0.15, 0.2) is 0 Å². The molecule has 1 aromatic rings. The van der Waals surface area contributed by atoms with Crippen LogP contribution in [0.3, 0.4) is 0 Å². The molecule has 0 bridgehead atoms. The fourth-order valence-corrected chi connectivity index (χ4v) is 4.27. The third kappa shape index (κ3) is 4.86. The number of carbonyl (C=O) groups is 2. The van der Waals surface area contributed by atoms with Gasteiger partial charge in [0.2, 0.25) is 11.8 Å². The second-order valence-electron chi connectivity index (χ2n) is 7.85. The molecule has 0 aliphatic carbocycles. The van der Waals surface area contributed by atoms with Crippen LogP contribution in [0.1, 0.15) is 38.2 Å². The van der Waals surface area contributed by atoms with Gasteiger partial charge in [0, 0.05) is 57.7 Å². The molecule has 2 amide bonds. The molecule has 0 N–H and O–H groups in total. The molecular weight excluding hydrogens is 345 g/mol. The van der Waals surface area contributed by atoms with Crippen molar-refractivity contribution in [2.45, 2.75) is 45.2 Å². The summed E-state index contributed by atoms with van der Waals surface area (Å²) >= 11 is 0. The standard InChI is InChI=1S/C21H30FN3O2/c1-16(26)25-12-9-17(10-13-25)21(27)23(2)19-7-5-11-24(15-19)14-18-6-3-4-8-20(18)22/h3-4,6,8,17,19H,5,7,9-15H2,1-2H3/t19-/m0/s1. The summed E-state index contributed by atoms with van der Waals surface area (Å²) in [6, 6.07) is 7.07. The first-order valence-electron chi connectivity index (χ1n) is 9.93. The molecule has 2 aliphatic rings.